The third-order valence-electron chi connectivity index (χ3n) is 4.84. The molecule has 1 aromatic heterocycles. The second-order valence-electron chi connectivity index (χ2n) is 6.47. The molecule has 0 bridgehead atoms. The number of aromatic nitrogens is 2. The number of likely N-dealkylation sites (tertiary alicyclic amines) is 1. The van der Waals surface area contributed by atoms with Crippen LogP contribution in [0.15, 0.2) is 30.5 Å². The zero-order chi connectivity index (χ0) is 19.4. The number of carbonyl (C=O) groups excluding carboxylic acids is 1. The molecule has 1 aliphatic heterocycles. The number of rotatable bonds is 6. The quantitative estimate of drug-likeness (QED) is 0.834. The highest BCUT2D eigenvalue weighted by atomic mass is 16.5. The Morgan fingerprint density at radius 1 is 1.26 bits per heavy atom. The van der Waals surface area contributed by atoms with Gasteiger partial charge >= 0.3 is 5.97 Å². The number of benzene rings is 1. The number of carboxylic acid groups (broad SMARTS) is 1. The predicted molar refractivity (Wildman–Crippen MR) is 97.3 cm³/mol. The first kappa shape index (κ1) is 18.8. The molecule has 144 valence electrons. The molecule has 2 heterocycles. The van der Waals surface area contributed by atoms with E-state index in [4.69, 9.17) is 14.6 Å². The number of nitrogens with zero attached hydrogens (tertiary/aromatic N) is 3. The van der Waals surface area contributed by atoms with E-state index in [1.54, 1.807) is 35.7 Å². The van der Waals surface area contributed by atoms with Crippen molar-refractivity contribution in [1.29, 1.82) is 0 Å². The van der Waals surface area contributed by atoms with Crippen molar-refractivity contribution in [2.45, 2.75) is 25.8 Å². The fourth-order valence-electron chi connectivity index (χ4n) is 3.29. The lowest BCUT2D eigenvalue weighted by Crippen LogP contribution is -2.41. The molecular weight excluding hydrogens is 350 g/mol. The van der Waals surface area contributed by atoms with Crippen LogP contribution in [0, 0.1) is 6.92 Å². The molecule has 3 rings (SSSR count). The maximum atomic E-state index is 12.4. The standard InChI is InChI=1S/C19H23N3O5/c1-13-17(19(24)25)11-20-22(13)14-6-8-21(9-7-14)18(23)12-27-16-5-3-4-15(10-16)26-2/h3-5,10-11,14H,6-9,12H2,1-2H3,(H,24,25). The summed E-state index contributed by atoms with van der Waals surface area (Å²) in [6.45, 7) is 2.91. The second-order valence-corrected chi connectivity index (χ2v) is 6.47. The molecule has 8 nitrogen and oxygen atoms in total. The Kier molecular flexibility index (Phi) is 5.63. The zero-order valence-electron chi connectivity index (χ0n) is 15.4. The van der Waals surface area contributed by atoms with E-state index in [0.717, 1.165) is 12.8 Å². The molecule has 0 radical (unpaired) electrons. The summed E-state index contributed by atoms with van der Waals surface area (Å²) < 4.78 is 12.5. The number of hydrogen-bond acceptors (Lipinski definition) is 5. The number of carboxylic acids is 1. The topological polar surface area (TPSA) is 93.9 Å². The van der Waals surface area contributed by atoms with Gasteiger partial charge in [-0.25, -0.2) is 4.79 Å². The fourth-order valence-corrected chi connectivity index (χ4v) is 3.29. The molecule has 0 aliphatic carbocycles. The summed E-state index contributed by atoms with van der Waals surface area (Å²) in [7, 11) is 1.58. The molecule has 1 fully saturated rings. The van der Waals surface area contributed by atoms with Gasteiger partial charge in [-0.2, -0.15) is 5.10 Å². The first-order valence-corrected chi connectivity index (χ1v) is 8.81. The number of carbonyl (C=O) groups is 2. The van der Waals surface area contributed by atoms with Crippen molar-refractivity contribution in [3.8, 4) is 11.5 Å². The van der Waals surface area contributed by atoms with Crippen LogP contribution >= 0.6 is 0 Å². The summed E-state index contributed by atoms with van der Waals surface area (Å²) in [5.74, 6) is 0.225. The average Bonchev–Trinajstić information content (AvgIpc) is 3.08. The molecule has 1 aliphatic rings. The Hall–Kier alpha value is -3.03. The van der Waals surface area contributed by atoms with Crippen LogP contribution in [-0.4, -0.2) is 58.5 Å². The van der Waals surface area contributed by atoms with Crippen molar-refractivity contribution in [1.82, 2.24) is 14.7 Å². The summed E-state index contributed by atoms with van der Waals surface area (Å²) in [5.41, 5.74) is 0.869. The van der Waals surface area contributed by atoms with Gasteiger partial charge in [-0.1, -0.05) is 6.07 Å². The van der Waals surface area contributed by atoms with Crippen molar-refractivity contribution in [3.63, 3.8) is 0 Å². The molecule has 2 aromatic rings. The predicted octanol–water partition coefficient (Wildman–Crippen LogP) is 2.14. The lowest BCUT2D eigenvalue weighted by Gasteiger charge is -2.32. The molecule has 1 amide bonds. The molecule has 8 heteroatoms. The van der Waals surface area contributed by atoms with Crippen LogP contribution in [0.3, 0.4) is 0 Å². The lowest BCUT2D eigenvalue weighted by molar-refractivity contribution is -0.134. The van der Waals surface area contributed by atoms with Crippen LogP contribution in [-0.2, 0) is 4.79 Å². The molecule has 0 unspecified atom stereocenters. The van der Waals surface area contributed by atoms with E-state index in [9.17, 15) is 9.59 Å². The van der Waals surface area contributed by atoms with Gasteiger partial charge in [0, 0.05) is 19.2 Å². The molecule has 1 aromatic carbocycles. The van der Waals surface area contributed by atoms with Crippen molar-refractivity contribution in [3.05, 3.63) is 41.7 Å². The van der Waals surface area contributed by atoms with E-state index < -0.39 is 5.97 Å². The number of ether oxygens (including phenoxy) is 2. The van der Waals surface area contributed by atoms with Gasteiger partial charge in [0.15, 0.2) is 6.61 Å². The van der Waals surface area contributed by atoms with Crippen molar-refractivity contribution in [2.75, 3.05) is 26.8 Å². The molecule has 0 saturated carbocycles. The monoisotopic (exact) mass is 373 g/mol. The van der Waals surface area contributed by atoms with E-state index in [-0.39, 0.29) is 24.1 Å². The van der Waals surface area contributed by atoms with E-state index in [2.05, 4.69) is 5.10 Å². The third kappa shape index (κ3) is 4.21. The SMILES string of the molecule is COc1cccc(OCC(=O)N2CCC(n3ncc(C(=O)O)c3C)CC2)c1. The summed E-state index contributed by atoms with van der Waals surface area (Å²) >= 11 is 0. The van der Waals surface area contributed by atoms with Crippen LogP contribution in [0.4, 0.5) is 0 Å². The fraction of sp³-hybridized carbons (Fsp3) is 0.421. The number of hydrogen-bond donors (Lipinski definition) is 1. The molecule has 27 heavy (non-hydrogen) atoms. The Bertz CT molecular complexity index is 825. The van der Waals surface area contributed by atoms with Crippen LogP contribution < -0.4 is 9.47 Å². The summed E-state index contributed by atoms with van der Waals surface area (Å²) in [6, 6.07) is 7.23. The molecule has 1 saturated heterocycles. The highest BCUT2D eigenvalue weighted by Gasteiger charge is 2.26. The zero-order valence-corrected chi connectivity index (χ0v) is 15.4. The van der Waals surface area contributed by atoms with Crippen LogP contribution in [0.1, 0.15) is 34.9 Å². The smallest absolute Gasteiger partial charge is 0.339 e. The van der Waals surface area contributed by atoms with Crippen LogP contribution in [0.25, 0.3) is 0 Å². The van der Waals surface area contributed by atoms with Gasteiger partial charge in [-0.05, 0) is 31.9 Å². The maximum absolute atomic E-state index is 12.4. The first-order chi connectivity index (χ1) is 13.0. The third-order valence-corrected chi connectivity index (χ3v) is 4.84. The Morgan fingerprint density at radius 3 is 2.59 bits per heavy atom. The van der Waals surface area contributed by atoms with E-state index in [1.807, 2.05) is 12.1 Å². The Morgan fingerprint density at radius 2 is 1.96 bits per heavy atom. The van der Waals surface area contributed by atoms with Gasteiger partial charge < -0.3 is 19.5 Å². The minimum atomic E-state index is -0.971. The summed E-state index contributed by atoms with van der Waals surface area (Å²) in [6.07, 6.45) is 2.84. The molecule has 0 atom stereocenters. The van der Waals surface area contributed by atoms with Gasteiger partial charge in [-0.3, -0.25) is 9.48 Å². The van der Waals surface area contributed by atoms with Crippen LogP contribution in [0.5, 0.6) is 11.5 Å². The van der Waals surface area contributed by atoms with E-state index in [0.29, 0.717) is 30.3 Å². The second kappa shape index (κ2) is 8.11. The maximum Gasteiger partial charge on any atom is 0.339 e. The van der Waals surface area contributed by atoms with Gasteiger partial charge in [0.25, 0.3) is 5.91 Å². The van der Waals surface area contributed by atoms with Crippen LogP contribution in [0.2, 0.25) is 0 Å². The Balaban J connectivity index is 1.52. The minimum Gasteiger partial charge on any atom is -0.497 e. The van der Waals surface area contributed by atoms with Gasteiger partial charge in [0.05, 0.1) is 25.0 Å². The van der Waals surface area contributed by atoms with E-state index >= 15 is 0 Å². The first-order valence-electron chi connectivity index (χ1n) is 8.81. The summed E-state index contributed by atoms with van der Waals surface area (Å²) in [4.78, 5) is 25.3. The summed E-state index contributed by atoms with van der Waals surface area (Å²) in [5, 5.41) is 13.4. The van der Waals surface area contributed by atoms with Crippen molar-refractivity contribution < 1.29 is 24.2 Å². The highest BCUT2D eigenvalue weighted by Crippen LogP contribution is 2.25. The van der Waals surface area contributed by atoms with Gasteiger partial charge in [-0.15, -0.1) is 0 Å². The van der Waals surface area contributed by atoms with E-state index in [1.165, 1.54) is 6.20 Å². The average molecular weight is 373 g/mol. The number of methoxy groups -OCH3 is 1. The largest absolute Gasteiger partial charge is 0.497 e. The Labute approximate surface area is 157 Å². The van der Waals surface area contributed by atoms with Crippen molar-refractivity contribution in [2.24, 2.45) is 0 Å². The number of amides is 1. The van der Waals surface area contributed by atoms with Gasteiger partial charge in [0.1, 0.15) is 17.1 Å². The minimum absolute atomic E-state index is 0.0260. The van der Waals surface area contributed by atoms with Gasteiger partial charge in [0.2, 0.25) is 0 Å². The molecule has 1 N–H and O–H groups in total. The normalized spacial score (nSPS) is 14.8. The van der Waals surface area contributed by atoms with Crippen molar-refractivity contribution >= 4 is 11.9 Å². The number of aromatic carboxylic acids is 1. The molecular formula is C19H23N3O5. The lowest BCUT2D eigenvalue weighted by atomic mass is 10.0. The number of piperidine rings is 1. The highest BCUT2D eigenvalue weighted by molar-refractivity contribution is 5.88. The molecule has 0 spiro atoms.